The number of nitrogens with zero attached hydrogens (tertiary/aromatic N) is 7. The molecule has 1 saturated heterocycles. The Balaban J connectivity index is 0.745. The van der Waals surface area contributed by atoms with Gasteiger partial charge in [0.15, 0.2) is 39.2 Å². The highest BCUT2D eigenvalue weighted by Gasteiger charge is 2.56. The SMILES string of the molecule is CC(=O)C1CC2(C1)CC(C(=O)N1CCN(CC#Cc3ccc(OCCCc4sc(N5CCCc6c5nnc(Nc5nc7ccccc7s5)c6C)nc4C(=O)O)c(F)c3)CC1)C2. The van der Waals surface area contributed by atoms with E-state index in [9.17, 15) is 19.5 Å². The summed E-state index contributed by atoms with van der Waals surface area (Å²) in [6.07, 6.45) is 6.25. The number of carbonyl (C=O) groups is 3. The summed E-state index contributed by atoms with van der Waals surface area (Å²) in [4.78, 5) is 52.9. The van der Waals surface area contributed by atoms with Gasteiger partial charge in [-0.3, -0.25) is 14.5 Å². The number of rotatable bonds is 12. The molecule has 5 heterocycles. The number of carbonyl (C=O) groups excluding carboxylic acids is 2. The van der Waals surface area contributed by atoms with Crippen molar-refractivity contribution in [2.45, 2.75) is 65.2 Å². The number of para-hydroxylation sites is 1. The molecule has 0 radical (unpaired) electrons. The number of piperazine rings is 1. The molecule has 2 aromatic carbocycles. The minimum absolute atomic E-state index is 0.00341. The molecule has 2 N–H and O–H groups in total. The van der Waals surface area contributed by atoms with Crippen LogP contribution in [-0.4, -0.2) is 98.6 Å². The second-order valence-corrected chi connectivity index (χ2v) is 18.8. The molecule has 16 heteroatoms. The number of hydrogen-bond donors (Lipinski definition) is 2. The van der Waals surface area contributed by atoms with Crippen LogP contribution in [0.15, 0.2) is 42.5 Å². The van der Waals surface area contributed by atoms with E-state index in [2.05, 4.69) is 42.2 Å². The number of Topliss-reactive ketones (excluding diaryl/α,β-unsaturated/α-hetero) is 1. The van der Waals surface area contributed by atoms with Crippen molar-refractivity contribution >= 4 is 72.4 Å². The van der Waals surface area contributed by atoms with E-state index in [4.69, 9.17) is 4.74 Å². The van der Waals surface area contributed by atoms with Crippen LogP contribution in [0.25, 0.3) is 10.2 Å². The number of benzene rings is 2. The third-order valence-electron chi connectivity index (χ3n) is 12.6. The maximum atomic E-state index is 15.1. The van der Waals surface area contributed by atoms with E-state index < -0.39 is 11.8 Å². The van der Waals surface area contributed by atoms with Crippen LogP contribution in [0.2, 0.25) is 0 Å². The molecule has 9 rings (SSSR count). The van der Waals surface area contributed by atoms with E-state index in [0.717, 1.165) is 78.1 Å². The number of fused-ring (bicyclic) bond motifs is 2. The van der Waals surface area contributed by atoms with Crippen molar-refractivity contribution in [3.05, 3.63) is 75.5 Å². The van der Waals surface area contributed by atoms with Gasteiger partial charge < -0.3 is 25.0 Å². The Morgan fingerprint density at radius 1 is 1.00 bits per heavy atom. The van der Waals surface area contributed by atoms with Crippen LogP contribution in [0.4, 0.5) is 26.3 Å². The minimum Gasteiger partial charge on any atom is -0.491 e. The predicted molar refractivity (Wildman–Crippen MR) is 233 cm³/mol. The molecule has 1 amide bonds. The fourth-order valence-electron chi connectivity index (χ4n) is 9.22. The van der Waals surface area contributed by atoms with Crippen LogP contribution in [-0.2, 0) is 22.4 Å². The van der Waals surface area contributed by atoms with Crippen LogP contribution in [0.3, 0.4) is 0 Å². The van der Waals surface area contributed by atoms with Gasteiger partial charge in [0.05, 0.1) is 23.4 Å². The zero-order valence-electron chi connectivity index (χ0n) is 34.2. The van der Waals surface area contributed by atoms with E-state index in [1.165, 1.54) is 17.4 Å². The number of carboxylic acid groups (broad SMARTS) is 1. The van der Waals surface area contributed by atoms with Gasteiger partial charge in [-0.05, 0) is 101 Å². The quantitative estimate of drug-likeness (QED) is 0.0948. The van der Waals surface area contributed by atoms with Gasteiger partial charge >= 0.3 is 5.97 Å². The fourth-order valence-corrected chi connectivity index (χ4v) is 11.2. The molecule has 2 saturated carbocycles. The number of ether oxygens (including phenoxy) is 1. The van der Waals surface area contributed by atoms with Crippen LogP contribution in [0.5, 0.6) is 5.75 Å². The Hall–Kier alpha value is -5.50. The molecule has 2 aliphatic heterocycles. The molecule has 61 heavy (non-hydrogen) atoms. The van der Waals surface area contributed by atoms with Crippen LogP contribution < -0.4 is 15.0 Å². The summed E-state index contributed by atoms with van der Waals surface area (Å²) in [5.41, 5.74) is 3.69. The first-order chi connectivity index (χ1) is 29.5. The number of nitrogens with one attached hydrogen (secondary N) is 1. The largest absolute Gasteiger partial charge is 0.491 e. The molecule has 5 aromatic rings. The Kier molecular flexibility index (Phi) is 11.5. The molecule has 0 bridgehead atoms. The number of halogens is 1. The molecule has 0 unspecified atom stereocenters. The van der Waals surface area contributed by atoms with Gasteiger partial charge in [0.1, 0.15) is 5.78 Å². The standard InChI is InChI=1S/C45H47FN8O5S2/c1-27-32-9-6-16-54(40(32)51-50-39(27)49-43-47-34-10-3-4-11-36(34)60-43)44-48-38(42(57)58)37(61-44)12-7-21-59-35-14-13-29(22-33(35)46)8-5-15-52-17-19-53(20-18-52)41(56)31-25-45(26-31)23-30(24-45)28(2)55/h3-4,10-11,13-14,22,30-31H,6-7,9,12,15-21,23-26H2,1-2H3,(H,57,58)(H,47,49,50). The number of carboxylic acids is 1. The first-order valence-corrected chi connectivity index (χ1v) is 22.6. The van der Waals surface area contributed by atoms with E-state index >= 15 is 4.39 Å². The molecule has 2 aliphatic carbocycles. The molecule has 1 spiro atoms. The van der Waals surface area contributed by atoms with Crippen molar-refractivity contribution < 1.29 is 28.6 Å². The van der Waals surface area contributed by atoms with E-state index in [1.807, 2.05) is 41.0 Å². The van der Waals surface area contributed by atoms with E-state index in [0.29, 0.717) is 66.2 Å². The van der Waals surface area contributed by atoms with Crippen molar-refractivity contribution in [2.24, 2.45) is 17.3 Å². The highest BCUT2D eigenvalue weighted by atomic mass is 32.1. The number of aromatic nitrogens is 4. The summed E-state index contributed by atoms with van der Waals surface area (Å²) in [6.45, 7) is 7.87. The molecule has 3 aromatic heterocycles. The Bertz CT molecular complexity index is 2530. The third-order valence-corrected chi connectivity index (χ3v) is 14.7. The molecule has 4 aliphatic rings. The Morgan fingerprint density at radius 2 is 1.79 bits per heavy atom. The molecule has 0 atom stereocenters. The lowest BCUT2D eigenvalue weighted by atomic mass is 9.47. The van der Waals surface area contributed by atoms with Gasteiger partial charge in [-0.25, -0.2) is 19.2 Å². The van der Waals surface area contributed by atoms with Crippen molar-refractivity contribution in [1.82, 2.24) is 30.0 Å². The van der Waals surface area contributed by atoms with Crippen molar-refractivity contribution in [2.75, 3.05) is 56.1 Å². The number of aromatic carboxylic acids is 1. The maximum Gasteiger partial charge on any atom is 0.355 e. The highest BCUT2D eigenvalue weighted by molar-refractivity contribution is 7.22. The number of aryl methyl sites for hydroxylation is 1. The normalized spacial score (nSPS) is 21.0. The zero-order valence-corrected chi connectivity index (χ0v) is 35.8. The molecular weight excluding hydrogens is 816 g/mol. The number of hydrogen-bond acceptors (Lipinski definition) is 13. The number of anilines is 4. The first-order valence-electron chi connectivity index (χ1n) is 20.9. The average molecular weight is 863 g/mol. The van der Waals surface area contributed by atoms with Crippen LogP contribution >= 0.6 is 22.7 Å². The first kappa shape index (κ1) is 40.9. The maximum absolute atomic E-state index is 15.1. The fraction of sp³-hybridized carbons (Fsp3) is 0.444. The summed E-state index contributed by atoms with van der Waals surface area (Å²) in [5, 5.41) is 23.8. The van der Waals surface area contributed by atoms with Crippen LogP contribution in [0, 0.1) is 41.8 Å². The zero-order chi connectivity index (χ0) is 42.3. The summed E-state index contributed by atoms with van der Waals surface area (Å²) in [5.74, 6) is 6.82. The van der Waals surface area contributed by atoms with E-state index in [1.54, 1.807) is 30.4 Å². The third kappa shape index (κ3) is 8.56. The summed E-state index contributed by atoms with van der Waals surface area (Å²) < 4.78 is 21.9. The Morgan fingerprint density at radius 3 is 2.54 bits per heavy atom. The van der Waals surface area contributed by atoms with Gasteiger partial charge in [0.2, 0.25) is 5.91 Å². The lowest BCUT2D eigenvalue weighted by Gasteiger charge is -2.57. The molecule has 316 valence electrons. The molecule has 13 nitrogen and oxygen atoms in total. The van der Waals surface area contributed by atoms with Gasteiger partial charge in [-0.1, -0.05) is 35.3 Å². The lowest BCUT2D eigenvalue weighted by Crippen LogP contribution is -2.56. The van der Waals surface area contributed by atoms with Gasteiger partial charge in [-0.15, -0.1) is 21.5 Å². The minimum atomic E-state index is -1.11. The molecular formula is C45H47FN8O5S2. The highest BCUT2D eigenvalue weighted by Crippen LogP contribution is 2.61. The average Bonchev–Trinajstić information content (AvgIpc) is 3.84. The van der Waals surface area contributed by atoms with Gasteiger partial charge in [0.25, 0.3) is 0 Å². The van der Waals surface area contributed by atoms with Crippen molar-refractivity contribution in [3.63, 3.8) is 0 Å². The summed E-state index contributed by atoms with van der Waals surface area (Å²) in [7, 11) is 0. The second kappa shape index (κ2) is 17.1. The predicted octanol–water partition coefficient (Wildman–Crippen LogP) is 7.42. The number of amides is 1. The Labute approximate surface area is 361 Å². The molecule has 3 fully saturated rings. The van der Waals surface area contributed by atoms with Gasteiger partial charge in [-0.2, -0.15) is 0 Å². The van der Waals surface area contributed by atoms with Gasteiger partial charge in [0, 0.05) is 66.1 Å². The monoisotopic (exact) mass is 862 g/mol. The number of thiazole rings is 2. The van der Waals surface area contributed by atoms with Crippen LogP contribution in [0.1, 0.15) is 77.5 Å². The smallest absolute Gasteiger partial charge is 0.355 e. The lowest BCUT2D eigenvalue weighted by molar-refractivity contribution is -0.156. The second-order valence-electron chi connectivity index (χ2n) is 16.7. The van der Waals surface area contributed by atoms with Crippen molar-refractivity contribution in [3.8, 4) is 17.6 Å². The summed E-state index contributed by atoms with van der Waals surface area (Å²) in [6, 6.07) is 12.6. The number of ketones is 1. The van der Waals surface area contributed by atoms with E-state index in [-0.39, 0.29) is 47.0 Å². The van der Waals surface area contributed by atoms with Crippen molar-refractivity contribution in [1.29, 1.82) is 0 Å². The topological polar surface area (TPSA) is 154 Å². The summed E-state index contributed by atoms with van der Waals surface area (Å²) >= 11 is 2.87.